The molecule has 3 N–H and O–H groups in total. The second-order valence-electron chi connectivity index (χ2n) is 5.02. The summed E-state index contributed by atoms with van der Waals surface area (Å²) in [6.45, 7) is 4.28. The highest BCUT2D eigenvalue weighted by molar-refractivity contribution is 5.53. The summed E-state index contributed by atoms with van der Waals surface area (Å²) in [7, 11) is 0. The first-order valence-electron chi connectivity index (χ1n) is 6.26. The Balaban J connectivity index is 2.10. The fourth-order valence-electron chi connectivity index (χ4n) is 2.43. The smallest absolute Gasteiger partial charge is 0.0412 e. The van der Waals surface area contributed by atoms with E-state index in [1.54, 1.807) is 0 Å². The fourth-order valence-corrected chi connectivity index (χ4v) is 2.43. The number of nitrogens with one attached hydrogen (secondary N) is 1. The van der Waals surface area contributed by atoms with E-state index < -0.39 is 0 Å². The zero-order valence-corrected chi connectivity index (χ0v) is 10.3. The van der Waals surface area contributed by atoms with Crippen LogP contribution >= 0.6 is 0 Å². The highest BCUT2D eigenvalue weighted by atomic mass is 15.0. The average Bonchev–Trinajstić information content (AvgIpc) is 2.27. The van der Waals surface area contributed by atoms with Gasteiger partial charge in [-0.05, 0) is 43.9 Å². The van der Waals surface area contributed by atoms with E-state index in [9.17, 15) is 0 Å². The summed E-state index contributed by atoms with van der Waals surface area (Å²) in [5, 5.41) is 3.61. The predicted molar refractivity (Wildman–Crippen MR) is 69.8 cm³/mol. The van der Waals surface area contributed by atoms with Gasteiger partial charge in [0.2, 0.25) is 0 Å². The molecule has 0 heterocycles. The van der Waals surface area contributed by atoms with Crippen molar-refractivity contribution in [3.05, 3.63) is 29.3 Å². The first-order chi connectivity index (χ1) is 7.66. The quantitative estimate of drug-likeness (QED) is 0.801. The van der Waals surface area contributed by atoms with Gasteiger partial charge in [-0.25, -0.2) is 0 Å². The van der Waals surface area contributed by atoms with Gasteiger partial charge in [0.05, 0.1) is 0 Å². The molecule has 2 atom stereocenters. The number of benzene rings is 1. The molecule has 1 fully saturated rings. The lowest BCUT2D eigenvalue weighted by Crippen LogP contribution is -2.42. The van der Waals surface area contributed by atoms with Crippen LogP contribution in [-0.2, 0) is 0 Å². The Bertz CT molecular complexity index is 360. The number of aryl methyl sites for hydroxylation is 2. The highest BCUT2D eigenvalue weighted by Gasteiger charge is 2.21. The highest BCUT2D eigenvalue weighted by Crippen LogP contribution is 2.23. The van der Waals surface area contributed by atoms with Gasteiger partial charge in [0, 0.05) is 17.8 Å². The van der Waals surface area contributed by atoms with Gasteiger partial charge in [-0.3, -0.25) is 0 Å². The molecule has 0 unspecified atom stereocenters. The van der Waals surface area contributed by atoms with Crippen LogP contribution in [0.3, 0.4) is 0 Å². The Hall–Kier alpha value is -1.02. The minimum absolute atomic E-state index is 0.314. The molecule has 2 rings (SSSR count). The van der Waals surface area contributed by atoms with Gasteiger partial charge in [-0.2, -0.15) is 0 Å². The molecule has 0 spiro atoms. The molecule has 88 valence electrons. The molecule has 16 heavy (non-hydrogen) atoms. The van der Waals surface area contributed by atoms with E-state index >= 15 is 0 Å². The molecule has 2 nitrogen and oxygen atoms in total. The van der Waals surface area contributed by atoms with E-state index in [1.807, 2.05) is 0 Å². The summed E-state index contributed by atoms with van der Waals surface area (Å²) in [6, 6.07) is 7.31. The van der Waals surface area contributed by atoms with Crippen molar-refractivity contribution in [2.45, 2.75) is 51.6 Å². The Morgan fingerprint density at radius 2 is 1.94 bits per heavy atom. The predicted octanol–water partition coefficient (Wildman–Crippen LogP) is 2.99. The number of nitrogens with two attached hydrogens (primary N) is 1. The van der Waals surface area contributed by atoms with Crippen molar-refractivity contribution in [2.24, 2.45) is 5.73 Å². The summed E-state index contributed by atoms with van der Waals surface area (Å²) in [5.74, 6) is 0. The molecule has 0 saturated heterocycles. The van der Waals surface area contributed by atoms with E-state index in [2.05, 4.69) is 37.4 Å². The molecule has 1 saturated carbocycles. The van der Waals surface area contributed by atoms with Gasteiger partial charge in [0.15, 0.2) is 0 Å². The lowest BCUT2D eigenvalue weighted by Gasteiger charge is -2.30. The van der Waals surface area contributed by atoms with Gasteiger partial charge < -0.3 is 11.1 Å². The van der Waals surface area contributed by atoms with Crippen molar-refractivity contribution in [1.29, 1.82) is 0 Å². The first kappa shape index (κ1) is 11.5. The molecule has 1 aliphatic rings. The van der Waals surface area contributed by atoms with Crippen molar-refractivity contribution in [3.8, 4) is 0 Å². The van der Waals surface area contributed by atoms with Crippen molar-refractivity contribution in [2.75, 3.05) is 5.32 Å². The summed E-state index contributed by atoms with van der Waals surface area (Å²) in [5.41, 5.74) is 10.0. The van der Waals surface area contributed by atoms with Gasteiger partial charge in [-0.15, -0.1) is 0 Å². The van der Waals surface area contributed by atoms with E-state index in [-0.39, 0.29) is 0 Å². The molecular weight excluding hydrogens is 196 g/mol. The zero-order chi connectivity index (χ0) is 11.5. The van der Waals surface area contributed by atoms with Gasteiger partial charge >= 0.3 is 0 Å². The number of rotatable bonds is 2. The van der Waals surface area contributed by atoms with E-state index in [1.165, 1.54) is 36.1 Å². The molecule has 0 aromatic heterocycles. The van der Waals surface area contributed by atoms with Crippen molar-refractivity contribution in [3.63, 3.8) is 0 Å². The Kier molecular flexibility index (Phi) is 3.49. The normalized spacial score (nSPS) is 25.4. The molecule has 1 aromatic carbocycles. The second-order valence-corrected chi connectivity index (χ2v) is 5.02. The largest absolute Gasteiger partial charge is 0.381 e. The van der Waals surface area contributed by atoms with E-state index in [0.717, 1.165) is 6.42 Å². The van der Waals surface area contributed by atoms with Crippen LogP contribution < -0.4 is 11.1 Å². The Morgan fingerprint density at radius 3 is 2.69 bits per heavy atom. The maximum Gasteiger partial charge on any atom is 0.0412 e. The molecule has 1 aromatic rings. The van der Waals surface area contributed by atoms with Crippen LogP contribution in [0.5, 0.6) is 0 Å². The topological polar surface area (TPSA) is 38.0 Å². The molecule has 0 bridgehead atoms. The molecule has 2 heteroatoms. The maximum absolute atomic E-state index is 6.15. The zero-order valence-electron chi connectivity index (χ0n) is 10.3. The van der Waals surface area contributed by atoms with Gasteiger partial charge in [0.1, 0.15) is 0 Å². The SMILES string of the molecule is Cc1ccc(C)c(N[C@@H]2CCCC[C@H]2N)c1. The third-order valence-corrected chi connectivity index (χ3v) is 3.55. The minimum atomic E-state index is 0.314. The van der Waals surface area contributed by atoms with Crippen LogP contribution in [0.4, 0.5) is 5.69 Å². The first-order valence-corrected chi connectivity index (χ1v) is 6.26. The third kappa shape index (κ3) is 2.56. The van der Waals surface area contributed by atoms with Crippen LogP contribution in [0.1, 0.15) is 36.8 Å². The molecule has 0 radical (unpaired) electrons. The van der Waals surface area contributed by atoms with Gasteiger partial charge in [-0.1, -0.05) is 25.0 Å². The van der Waals surface area contributed by atoms with E-state index in [0.29, 0.717) is 12.1 Å². The fraction of sp³-hybridized carbons (Fsp3) is 0.571. The molecule has 0 amide bonds. The average molecular weight is 218 g/mol. The number of hydrogen-bond donors (Lipinski definition) is 2. The molecular formula is C14H22N2. The summed E-state index contributed by atoms with van der Waals surface area (Å²) in [4.78, 5) is 0. The monoisotopic (exact) mass is 218 g/mol. The maximum atomic E-state index is 6.15. The van der Waals surface area contributed by atoms with Crippen LogP contribution in [0.15, 0.2) is 18.2 Å². The second kappa shape index (κ2) is 4.88. The van der Waals surface area contributed by atoms with Crippen LogP contribution in [0.2, 0.25) is 0 Å². The van der Waals surface area contributed by atoms with E-state index in [4.69, 9.17) is 5.73 Å². The minimum Gasteiger partial charge on any atom is -0.381 e. The molecule has 1 aliphatic carbocycles. The lowest BCUT2D eigenvalue weighted by atomic mass is 9.90. The number of anilines is 1. The van der Waals surface area contributed by atoms with Crippen molar-refractivity contribution < 1.29 is 0 Å². The van der Waals surface area contributed by atoms with Crippen LogP contribution in [0.25, 0.3) is 0 Å². The summed E-state index contributed by atoms with van der Waals surface area (Å²) < 4.78 is 0. The standard InChI is InChI=1S/C14H22N2/c1-10-7-8-11(2)14(9-10)16-13-6-4-3-5-12(13)15/h7-9,12-13,16H,3-6,15H2,1-2H3/t12-,13-/m1/s1. The summed E-state index contributed by atoms with van der Waals surface area (Å²) in [6.07, 6.45) is 4.94. The van der Waals surface area contributed by atoms with Crippen molar-refractivity contribution in [1.82, 2.24) is 0 Å². The van der Waals surface area contributed by atoms with Gasteiger partial charge in [0.25, 0.3) is 0 Å². The molecule has 0 aliphatic heterocycles. The Morgan fingerprint density at radius 1 is 1.19 bits per heavy atom. The van der Waals surface area contributed by atoms with Crippen LogP contribution in [-0.4, -0.2) is 12.1 Å². The Labute approximate surface area is 98.2 Å². The van der Waals surface area contributed by atoms with Crippen molar-refractivity contribution >= 4 is 5.69 Å². The third-order valence-electron chi connectivity index (χ3n) is 3.55. The lowest BCUT2D eigenvalue weighted by molar-refractivity contribution is 0.404. The summed E-state index contributed by atoms with van der Waals surface area (Å²) >= 11 is 0. The number of hydrogen-bond acceptors (Lipinski definition) is 2. The van der Waals surface area contributed by atoms with Crippen LogP contribution in [0, 0.1) is 13.8 Å².